The van der Waals surface area contributed by atoms with Crippen LogP contribution in [0, 0.1) is 0 Å². The molecule has 0 aliphatic carbocycles. The number of hydrogen-bond donors (Lipinski definition) is 2. The molecule has 0 spiro atoms. The molecule has 5 nitrogen and oxygen atoms in total. The molecule has 1 unspecified atom stereocenters. The smallest absolute Gasteiger partial charge is 0.156 e. The van der Waals surface area contributed by atoms with E-state index in [4.69, 9.17) is 10.5 Å². The van der Waals surface area contributed by atoms with Crippen molar-refractivity contribution in [1.82, 2.24) is 10.2 Å². The van der Waals surface area contributed by atoms with Crippen LogP contribution in [0.2, 0.25) is 0 Å². The normalized spacial score (nSPS) is 12.6. The van der Waals surface area contributed by atoms with Crippen LogP contribution in [-0.2, 0) is 4.74 Å². The van der Waals surface area contributed by atoms with Gasteiger partial charge in [0.1, 0.15) is 0 Å². The van der Waals surface area contributed by atoms with E-state index >= 15 is 0 Å². The van der Waals surface area contributed by atoms with Gasteiger partial charge >= 0.3 is 0 Å². The van der Waals surface area contributed by atoms with Gasteiger partial charge in [-0.2, -0.15) is 5.10 Å². The molecular formula is C13H18N4O. The number of nitrogens with one attached hydrogen (secondary N) is 1. The minimum atomic E-state index is 0.153. The quantitative estimate of drug-likeness (QED) is 0.806. The Morgan fingerprint density at radius 3 is 3.00 bits per heavy atom. The molecule has 5 heteroatoms. The molecule has 2 aromatic rings. The maximum absolute atomic E-state index is 5.59. The number of anilines is 1. The number of ether oxygens (including phenoxy) is 1. The molecule has 0 saturated heterocycles. The maximum atomic E-state index is 5.59. The standard InChI is InChI=1S/C13H18N4O/c1-18-9-11(6-7-14)16-13-12-5-3-2-4-10(12)8-15-17-13/h2-5,8,11H,6-7,9,14H2,1H3,(H,16,17). The Labute approximate surface area is 106 Å². The van der Waals surface area contributed by atoms with Gasteiger partial charge in [-0.1, -0.05) is 24.3 Å². The van der Waals surface area contributed by atoms with Gasteiger partial charge in [0.15, 0.2) is 5.82 Å². The van der Waals surface area contributed by atoms with Crippen LogP contribution >= 0.6 is 0 Å². The molecule has 0 amide bonds. The Morgan fingerprint density at radius 1 is 1.39 bits per heavy atom. The van der Waals surface area contributed by atoms with Crippen molar-refractivity contribution in [1.29, 1.82) is 0 Å². The lowest BCUT2D eigenvalue weighted by atomic mass is 10.1. The molecule has 0 fully saturated rings. The average Bonchev–Trinajstić information content (AvgIpc) is 2.40. The SMILES string of the molecule is COCC(CCN)Nc1nncc2ccccc12. The zero-order valence-electron chi connectivity index (χ0n) is 10.5. The third kappa shape index (κ3) is 2.94. The first-order valence-corrected chi connectivity index (χ1v) is 6.01. The molecule has 1 aromatic heterocycles. The van der Waals surface area contributed by atoms with E-state index < -0.39 is 0 Å². The van der Waals surface area contributed by atoms with Gasteiger partial charge in [-0.15, -0.1) is 5.10 Å². The van der Waals surface area contributed by atoms with Gasteiger partial charge in [-0.05, 0) is 13.0 Å². The Hall–Kier alpha value is -1.72. The zero-order chi connectivity index (χ0) is 12.8. The van der Waals surface area contributed by atoms with Gasteiger partial charge in [-0.3, -0.25) is 0 Å². The second-order valence-corrected chi connectivity index (χ2v) is 4.15. The lowest BCUT2D eigenvalue weighted by Crippen LogP contribution is -2.28. The van der Waals surface area contributed by atoms with E-state index in [2.05, 4.69) is 15.5 Å². The molecule has 1 aromatic carbocycles. The first-order valence-electron chi connectivity index (χ1n) is 6.01. The fourth-order valence-electron chi connectivity index (χ4n) is 1.93. The van der Waals surface area contributed by atoms with Gasteiger partial charge in [0, 0.05) is 17.9 Å². The largest absolute Gasteiger partial charge is 0.383 e. The summed E-state index contributed by atoms with van der Waals surface area (Å²) in [6.07, 6.45) is 2.59. The van der Waals surface area contributed by atoms with Crippen LogP contribution in [0.4, 0.5) is 5.82 Å². The number of fused-ring (bicyclic) bond motifs is 1. The summed E-state index contributed by atoms with van der Waals surface area (Å²) in [6.45, 7) is 1.21. The molecule has 3 N–H and O–H groups in total. The van der Waals surface area contributed by atoms with Crippen LogP contribution in [0.25, 0.3) is 10.8 Å². The molecule has 1 heterocycles. The van der Waals surface area contributed by atoms with Crippen LogP contribution < -0.4 is 11.1 Å². The molecule has 0 radical (unpaired) electrons. The van der Waals surface area contributed by atoms with Crippen LogP contribution in [0.15, 0.2) is 30.5 Å². The van der Waals surface area contributed by atoms with Crippen LogP contribution in [0.5, 0.6) is 0 Å². The van der Waals surface area contributed by atoms with Crippen molar-refractivity contribution in [2.75, 3.05) is 25.6 Å². The fraction of sp³-hybridized carbons (Fsp3) is 0.385. The summed E-state index contributed by atoms with van der Waals surface area (Å²) < 4.78 is 5.17. The van der Waals surface area contributed by atoms with Crippen molar-refractivity contribution in [3.05, 3.63) is 30.5 Å². The molecule has 2 rings (SSSR count). The third-order valence-corrected chi connectivity index (χ3v) is 2.79. The number of benzene rings is 1. The third-order valence-electron chi connectivity index (χ3n) is 2.79. The van der Waals surface area contributed by atoms with E-state index in [0.29, 0.717) is 13.2 Å². The summed E-state index contributed by atoms with van der Waals surface area (Å²) in [4.78, 5) is 0. The first-order chi connectivity index (χ1) is 8.85. The van der Waals surface area contributed by atoms with E-state index in [-0.39, 0.29) is 6.04 Å². The van der Waals surface area contributed by atoms with Gasteiger partial charge in [0.05, 0.1) is 18.8 Å². The molecule has 1 atom stereocenters. The van der Waals surface area contributed by atoms with E-state index in [1.807, 2.05) is 24.3 Å². The van der Waals surface area contributed by atoms with Gasteiger partial charge < -0.3 is 15.8 Å². The summed E-state index contributed by atoms with van der Waals surface area (Å²) in [7, 11) is 1.68. The van der Waals surface area contributed by atoms with E-state index in [1.54, 1.807) is 13.3 Å². The molecule has 0 aliphatic heterocycles. The van der Waals surface area contributed by atoms with Gasteiger partial charge in [0.25, 0.3) is 0 Å². The number of methoxy groups -OCH3 is 1. The Kier molecular flexibility index (Phi) is 4.44. The Balaban J connectivity index is 2.24. The Bertz CT molecular complexity index is 492. The second kappa shape index (κ2) is 6.28. The number of aromatic nitrogens is 2. The first kappa shape index (κ1) is 12.7. The van der Waals surface area contributed by atoms with Crippen molar-refractivity contribution in [3.8, 4) is 0 Å². The maximum Gasteiger partial charge on any atom is 0.156 e. The van der Waals surface area contributed by atoms with Crippen LogP contribution in [-0.4, -0.2) is 36.5 Å². The van der Waals surface area contributed by atoms with Crippen LogP contribution in [0.1, 0.15) is 6.42 Å². The van der Waals surface area contributed by atoms with Gasteiger partial charge in [-0.25, -0.2) is 0 Å². The molecule has 0 saturated carbocycles. The monoisotopic (exact) mass is 246 g/mol. The van der Waals surface area contributed by atoms with E-state index in [1.165, 1.54) is 0 Å². The highest BCUT2D eigenvalue weighted by atomic mass is 16.5. The summed E-state index contributed by atoms with van der Waals surface area (Å²) in [5, 5.41) is 13.6. The predicted molar refractivity (Wildman–Crippen MR) is 72.5 cm³/mol. The number of rotatable bonds is 6. The predicted octanol–water partition coefficient (Wildman–Crippen LogP) is 1.41. The summed E-state index contributed by atoms with van der Waals surface area (Å²) >= 11 is 0. The van der Waals surface area contributed by atoms with Gasteiger partial charge in [0.2, 0.25) is 0 Å². The highest BCUT2D eigenvalue weighted by Gasteiger charge is 2.10. The summed E-state index contributed by atoms with van der Waals surface area (Å²) in [5.74, 6) is 0.781. The van der Waals surface area contributed by atoms with Crippen molar-refractivity contribution < 1.29 is 4.74 Å². The van der Waals surface area contributed by atoms with Crippen LogP contribution in [0.3, 0.4) is 0 Å². The second-order valence-electron chi connectivity index (χ2n) is 4.15. The molecule has 96 valence electrons. The van der Waals surface area contributed by atoms with E-state index in [0.717, 1.165) is 23.0 Å². The summed E-state index contributed by atoms with van der Waals surface area (Å²) in [5.41, 5.74) is 5.59. The molecule has 0 bridgehead atoms. The lowest BCUT2D eigenvalue weighted by Gasteiger charge is -2.18. The minimum Gasteiger partial charge on any atom is -0.383 e. The average molecular weight is 246 g/mol. The topological polar surface area (TPSA) is 73.1 Å². The minimum absolute atomic E-state index is 0.153. The van der Waals surface area contributed by atoms with Crippen molar-refractivity contribution >= 4 is 16.6 Å². The molecular weight excluding hydrogens is 228 g/mol. The lowest BCUT2D eigenvalue weighted by molar-refractivity contribution is 0.183. The Morgan fingerprint density at radius 2 is 2.22 bits per heavy atom. The van der Waals surface area contributed by atoms with Crippen molar-refractivity contribution in [2.45, 2.75) is 12.5 Å². The number of nitrogens with two attached hydrogens (primary N) is 1. The number of hydrogen-bond acceptors (Lipinski definition) is 5. The zero-order valence-corrected chi connectivity index (χ0v) is 10.5. The highest BCUT2D eigenvalue weighted by molar-refractivity contribution is 5.90. The van der Waals surface area contributed by atoms with Crippen molar-refractivity contribution in [3.63, 3.8) is 0 Å². The number of nitrogens with zero attached hydrogens (tertiary/aromatic N) is 2. The molecule has 18 heavy (non-hydrogen) atoms. The molecule has 0 aliphatic rings. The van der Waals surface area contributed by atoms with E-state index in [9.17, 15) is 0 Å². The summed E-state index contributed by atoms with van der Waals surface area (Å²) in [6, 6.07) is 8.17. The fourth-order valence-corrected chi connectivity index (χ4v) is 1.93. The highest BCUT2D eigenvalue weighted by Crippen LogP contribution is 2.20. The van der Waals surface area contributed by atoms with Crippen molar-refractivity contribution in [2.24, 2.45) is 5.73 Å².